The van der Waals surface area contributed by atoms with Crippen LogP contribution < -0.4 is 5.32 Å². The molecule has 1 amide bonds. The van der Waals surface area contributed by atoms with Gasteiger partial charge in [-0.2, -0.15) is 0 Å². The lowest BCUT2D eigenvalue weighted by Crippen LogP contribution is -2.40. The summed E-state index contributed by atoms with van der Waals surface area (Å²) >= 11 is 3.38. The predicted octanol–water partition coefficient (Wildman–Crippen LogP) is 4.00. The number of carbonyl (C=O) groups excluding carboxylic acids is 1. The van der Waals surface area contributed by atoms with Crippen molar-refractivity contribution >= 4 is 27.5 Å². The lowest BCUT2D eigenvalue weighted by Gasteiger charge is -2.41. The fourth-order valence-corrected chi connectivity index (χ4v) is 3.46. The first kappa shape index (κ1) is 13.1. The van der Waals surface area contributed by atoms with Crippen LogP contribution in [-0.4, -0.2) is 10.9 Å². The monoisotopic (exact) mass is 322 g/mol. The summed E-state index contributed by atoms with van der Waals surface area (Å²) in [7, 11) is 0. The first-order valence-electron chi connectivity index (χ1n) is 7.17. The van der Waals surface area contributed by atoms with Crippen LogP contribution in [-0.2, 0) is 4.79 Å². The lowest BCUT2D eigenvalue weighted by atomic mass is 9.64. The number of nitrogens with one attached hydrogen (secondary N) is 1. The SMILES string of the molecule is O=C(Nc1cccnc1Br)C(C1CCC1)C1CCC1. The van der Waals surface area contributed by atoms with Crippen molar-refractivity contribution in [3.8, 4) is 0 Å². The highest BCUT2D eigenvalue weighted by molar-refractivity contribution is 9.10. The van der Waals surface area contributed by atoms with Crippen LogP contribution >= 0.6 is 15.9 Å². The minimum absolute atomic E-state index is 0.197. The Morgan fingerprint density at radius 1 is 1.26 bits per heavy atom. The molecule has 2 aliphatic rings. The van der Waals surface area contributed by atoms with Crippen LogP contribution in [0.25, 0.3) is 0 Å². The number of halogens is 1. The molecule has 3 rings (SSSR count). The molecular weight excluding hydrogens is 304 g/mol. The van der Waals surface area contributed by atoms with E-state index in [1.807, 2.05) is 12.1 Å². The zero-order chi connectivity index (χ0) is 13.2. The van der Waals surface area contributed by atoms with E-state index in [0.717, 1.165) is 5.69 Å². The smallest absolute Gasteiger partial charge is 0.228 e. The van der Waals surface area contributed by atoms with Crippen LogP contribution in [0.5, 0.6) is 0 Å². The highest BCUT2D eigenvalue weighted by Crippen LogP contribution is 2.45. The number of hydrogen-bond donors (Lipinski definition) is 1. The Bertz CT molecular complexity index is 455. The number of rotatable bonds is 4. The molecule has 1 N–H and O–H groups in total. The minimum atomic E-state index is 0.197. The summed E-state index contributed by atoms with van der Waals surface area (Å²) in [4.78, 5) is 16.7. The molecule has 0 bridgehead atoms. The van der Waals surface area contributed by atoms with E-state index in [9.17, 15) is 4.79 Å². The van der Waals surface area contributed by atoms with Gasteiger partial charge in [0.05, 0.1) is 5.69 Å². The molecule has 0 unspecified atom stereocenters. The zero-order valence-electron chi connectivity index (χ0n) is 10.9. The quantitative estimate of drug-likeness (QED) is 0.851. The topological polar surface area (TPSA) is 42.0 Å². The van der Waals surface area contributed by atoms with Gasteiger partial charge in [-0.3, -0.25) is 4.79 Å². The van der Waals surface area contributed by atoms with Crippen LogP contribution in [0.3, 0.4) is 0 Å². The number of carbonyl (C=O) groups is 1. The van der Waals surface area contributed by atoms with Crippen LogP contribution in [0.15, 0.2) is 22.9 Å². The highest BCUT2D eigenvalue weighted by atomic mass is 79.9. The summed E-state index contributed by atoms with van der Waals surface area (Å²) in [6, 6.07) is 3.75. The molecule has 0 atom stereocenters. The van der Waals surface area contributed by atoms with Gasteiger partial charge >= 0.3 is 0 Å². The Kier molecular flexibility index (Phi) is 3.87. The van der Waals surface area contributed by atoms with Crippen molar-refractivity contribution in [3.63, 3.8) is 0 Å². The number of amides is 1. The number of pyridine rings is 1. The summed E-state index contributed by atoms with van der Waals surface area (Å²) in [5.74, 6) is 1.64. The van der Waals surface area contributed by atoms with Crippen molar-refractivity contribution < 1.29 is 4.79 Å². The molecule has 102 valence electrons. The van der Waals surface area contributed by atoms with Gasteiger partial charge in [-0.05, 0) is 65.6 Å². The van der Waals surface area contributed by atoms with Crippen molar-refractivity contribution in [2.24, 2.45) is 17.8 Å². The number of aromatic nitrogens is 1. The van der Waals surface area contributed by atoms with Gasteiger partial charge in [0.25, 0.3) is 0 Å². The van der Waals surface area contributed by atoms with Gasteiger partial charge in [0.2, 0.25) is 5.91 Å². The molecule has 19 heavy (non-hydrogen) atoms. The van der Waals surface area contributed by atoms with Gasteiger partial charge in [-0.15, -0.1) is 0 Å². The Hall–Kier alpha value is -0.900. The molecular formula is C15H19BrN2O. The van der Waals surface area contributed by atoms with E-state index in [1.165, 1.54) is 38.5 Å². The molecule has 0 radical (unpaired) electrons. The minimum Gasteiger partial charge on any atom is -0.324 e. The molecule has 0 aromatic carbocycles. The summed E-state index contributed by atoms with van der Waals surface area (Å²) in [5, 5.41) is 3.06. The summed E-state index contributed by atoms with van der Waals surface area (Å²) in [6.45, 7) is 0. The molecule has 4 heteroatoms. The first-order chi connectivity index (χ1) is 9.25. The molecule has 2 fully saturated rings. The molecule has 1 aromatic rings. The van der Waals surface area contributed by atoms with Gasteiger partial charge in [-0.1, -0.05) is 12.8 Å². The van der Waals surface area contributed by atoms with Crippen LogP contribution in [0.4, 0.5) is 5.69 Å². The van der Waals surface area contributed by atoms with Gasteiger partial charge in [-0.25, -0.2) is 4.98 Å². The molecule has 0 saturated heterocycles. The summed E-state index contributed by atoms with van der Waals surface area (Å²) in [6.07, 6.45) is 9.20. The molecule has 0 spiro atoms. The molecule has 2 saturated carbocycles. The van der Waals surface area contributed by atoms with Gasteiger partial charge in [0.1, 0.15) is 4.60 Å². The Labute approximate surface area is 122 Å². The predicted molar refractivity (Wildman–Crippen MR) is 78.7 cm³/mol. The standard InChI is InChI=1S/C15H19BrN2O/c16-14-12(8-3-9-17-14)18-15(19)13(10-4-1-5-10)11-6-2-7-11/h3,8-11,13H,1-2,4-7H2,(H,18,19). The van der Waals surface area contributed by atoms with Crippen molar-refractivity contribution in [2.75, 3.05) is 5.32 Å². The highest BCUT2D eigenvalue weighted by Gasteiger charge is 2.40. The number of nitrogens with zero attached hydrogens (tertiary/aromatic N) is 1. The van der Waals surface area contributed by atoms with Crippen molar-refractivity contribution in [1.82, 2.24) is 4.98 Å². The van der Waals surface area contributed by atoms with Crippen LogP contribution in [0.1, 0.15) is 38.5 Å². The van der Waals surface area contributed by atoms with Crippen LogP contribution in [0, 0.1) is 17.8 Å². The van der Waals surface area contributed by atoms with E-state index < -0.39 is 0 Å². The average molecular weight is 323 g/mol. The second-order valence-electron chi connectivity index (χ2n) is 5.74. The zero-order valence-corrected chi connectivity index (χ0v) is 12.5. The lowest BCUT2D eigenvalue weighted by molar-refractivity contribution is -0.126. The third-order valence-electron chi connectivity index (χ3n) is 4.64. The molecule has 0 aliphatic heterocycles. The van der Waals surface area contributed by atoms with E-state index in [0.29, 0.717) is 16.4 Å². The van der Waals surface area contributed by atoms with E-state index in [2.05, 4.69) is 26.2 Å². The van der Waals surface area contributed by atoms with Crippen molar-refractivity contribution in [1.29, 1.82) is 0 Å². The summed E-state index contributed by atoms with van der Waals surface area (Å²) < 4.78 is 0.712. The maximum Gasteiger partial charge on any atom is 0.228 e. The molecule has 1 heterocycles. The second-order valence-corrected chi connectivity index (χ2v) is 6.49. The molecule has 1 aromatic heterocycles. The largest absolute Gasteiger partial charge is 0.324 e. The first-order valence-corrected chi connectivity index (χ1v) is 7.96. The molecule has 2 aliphatic carbocycles. The third kappa shape index (κ3) is 2.69. The Morgan fingerprint density at radius 2 is 1.89 bits per heavy atom. The fourth-order valence-electron chi connectivity index (χ4n) is 3.11. The van der Waals surface area contributed by atoms with Gasteiger partial charge < -0.3 is 5.32 Å². The van der Waals surface area contributed by atoms with Crippen molar-refractivity contribution in [3.05, 3.63) is 22.9 Å². The van der Waals surface area contributed by atoms with E-state index in [4.69, 9.17) is 0 Å². The molecule has 3 nitrogen and oxygen atoms in total. The van der Waals surface area contributed by atoms with Crippen molar-refractivity contribution in [2.45, 2.75) is 38.5 Å². The normalized spacial score (nSPS) is 19.9. The van der Waals surface area contributed by atoms with Gasteiger partial charge in [0, 0.05) is 12.1 Å². The maximum absolute atomic E-state index is 12.6. The summed E-state index contributed by atoms with van der Waals surface area (Å²) in [5.41, 5.74) is 0.788. The van der Waals surface area contributed by atoms with Gasteiger partial charge in [0.15, 0.2) is 0 Å². The maximum atomic E-state index is 12.6. The van der Waals surface area contributed by atoms with E-state index >= 15 is 0 Å². The Morgan fingerprint density at radius 3 is 2.37 bits per heavy atom. The number of hydrogen-bond acceptors (Lipinski definition) is 2. The number of anilines is 1. The Balaban J connectivity index is 1.71. The third-order valence-corrected chi connectivity index (χ3v) is 5.27. The van der Waals surface area contributed by atoms with E-state index in [-0.39, 0.29) is 11.8 Å². The fraction of sp³-hybridized carbons (Fsp3) is 0.600. The van der Waals surface area contributed by atoms with Crippen LogP contribution in [0.2, 0.25) is 0 Å². The second kappa shape index (κ2) is 5.61. The average Bonchev–Trinajstić information content (AvgIpc) is 2.26. The van der Waals surface area contributed by atoms with E-state index in [1.54, 1.807) is 6.20 Å².